The number of nitrogens with zero attached hydrogens (tertiary/aromatic N) is 2. The number of methoxy groups -OCH3 is 1. The first-order chi connectivity index (χ1) is 14.5. The highest BCUT2D eigenvalue weighted by Crippen LogP contribution is 2.38. The molecule has 2 aromatic heterocycles. The van der Waals surface area contributed by atoms with Gasteiger partial charge in [0.25, 0.3) is 5.22 Å². The molecule has 0 saturated heterocycles. The van der Waals surface area contributed by atoms with Crippen LogP contribution in [0.25, 0.3) is 11.5 Å². The number of amides is 1. The minimum Gasteiger partial charge on any atom is -0.465 e. The van der Waals surface area contributed by atoms with Crippen molar-refractivity contribution in [1.82, 2.24) is 10.2 Å². The lowest BCUT2D eigenvalue weighted by molar-refractivity contribution is -0.113. The summed E-state index contributed by atoms with van der Waals surface area (Å²) < 4.78 is 10.5. The number of thiophene rings is 1. The molecule has 1 aliphatic rings. The van der Waals surface area contributed by atoms with E-state index in [1.165, 1.54) is 18.4 Å². The average Bonchev–Trinajstić information content (AvgIpc) is 3.36. The van der Waals surface area contributed by atoms with E-state index in [9.17, 15) is 9.59 Å². The summed E-state index contributed by atoms with van der Waals surface area (Å²) in [7, 11) is 1.35. The molecule has 1 aromatic carbocycles. The molecule has 4 rings (SSSR count). The van der Waals surface area contributed by atoms with Crippen molar-refractivity contribution in [3.05, 3.63) is 45.3 Å². The number of benzene rings is 1. The molecule has 0 fully saturated rings. The molecule has 1 amide bonds. The number of aryl methyl sites for hydroxylation is 1. The van der Waals surface area contributed by atoms with Crippen LogP contribution in [0.4, 0.5) is 5.00 Å². The predicted molar refractivity (Wildman–Crippen MR) is 116 cm³/mol. The SMILES string of the molecule is COC(=O)c1c(NC(=O)CSc2nnc(-c3ccc(Cl)cc3)o2)sc2c1CCCC2. The van der Waals surface area contributed by atoms with Gasteiger partial charge in [0, 0.05) is 15.5 Å². The first-order valence-electron chi connectivity index (χ1n) is 9.30. The molecule has 0 atom stereocenters. The van der Waals surface area contributed by atoms with Crippen molar-refractivity contribution < 1.29 is 18.7 Å². The monoisotopic (exact) mass is 463 g/mol. The minimum absolute atomic E-state index is 0.0748. The van der Waals surface area contributed by atoms with Crippen LogP contribution in [0.5, 0.6) is 0 Å². The summed E-state index contributed by atoms with van der Waals surface area (Å²) in [5.41, 5.74) is 2.24. The molecule has 2 heterocycles. The van der Waals surface area contributed by atoms with Gasteiger partial charge in [-0.1, -0.05) is 23.4 Å². The summed E-state index contributed by atoms with van der Waals surface area (Å²) in [5.74, 6) is -0.240. The number of carbonyl (C=O) groups excluding carboxylic acids is 2. The van der Waals surface area contributed by atoms with E-state index < -0.39 is 5.97 Å². The predicted octanol–water partition coefficient (Wildman–Crippen LogP) is 4.85. The number of carbonyl (C=O) groups is 2. The third-order valence-electron chi connectivity index (χ3n) is 4.64. The number of rotatable bonds is 6. The molecule has 1 N–H and O–H groups in total. The van der Waals surface area contributed by atoms with Gasteiger partial charge >= 0.3 is 5.97 Å². The first kappa shape index (κ1) is 20.9. The average molecular weight is 464 g/mol. The molecule has 0 spiro atoms. The van der Waals surface area contributed by atoms with E-state index in [0.29, 0.717) is 21.5 Å². The number of hydrogen-bond acceptors (Lipinski definition) is 8. The summed E-state index contributed by atoms with van der Waals surface area (Å²) in [4.78, 5) is 25.9. The Morgan fingerprint density at radius 1 is 1.23 bits per heavy atom. The molecule has 1 aliphatic carbocycles. The van der Waals surface area contributed by atoms with Gasteiger partial charge in [-0.2, -0.15) is 0 Å². The minimum atomic E-state index is -0.415. The lowest BCUT2D eigenvalue weighted by Gasteiger charge is -2.11. The first-order valence-corrected chi connectivity index (χ1v) is 11.5. The molecule has 10 heteroatoms. The molecular formula is C20H18ClN3O4S2. The Kier molecular flexibility index (Phi) is 6.40. The Hall–Kier alpha value is -2.36. The van der Waals surface area contributed by atoms with Gasteiger partial charge in [0.05, 0.1) is 18.4 Å². The zero-order chi connectivity index (χ0) is 21.1. The van der Waals surface area contributed by atoms with Gasteiger partial charge < -0.3 is 14.5 Å². The van der Waals surface area contributed by atoms with Gasteiger partial charge in [-0.05, 0) is 55.5 Å². The van der Waals surface area contributed by atoms with Crippen LogP contribution in [0.15, 0.2) is 33.9 Å². The lowest BCUT2D eigenvalue weighted by atomic mass is 9.95. The van der Waals surface area contributed by atoms with Crippen LogP contribution >= 0.6 is 34.7 Å². The van der Waals surface area contributed by atoms with Crippen LogP contribution in [-0.2, 0) is 22.4 Å². The fourth-order valence-electron chi connectivity index (χ4n) is 3.24. The zero-order valence-electron chi connectivity index (χ0n) is 16.1. The molecule has 0 bridgehead atoms. The normalized spacial score (nSPS) is 13.0. The van der Waals surface area contributed by atoms with Crippen molar-refractivity contribution in [1.29, 1.82) is 0 Å². The molecule has 0 unspecified atom stereocenters. The topological polar surface area (TPSA) is 94.3 Å². The molecule has 7 nitrogen and oxygen atoms in total. The Bertz CT molecular complexity index is 1080. The number of ether oxygens (including phenoxy) is 1. The summed E-state index contributed by atoms with van der Waals surface area (Å²) >= 11 is 8.47. The highest BCUT2D eigenvalue weighted by Gasteiger charge is 2.27. The Balaban J connectivity index is 1.42. The van der Waals surface area contributed by atoms with Crippen LogP contribution < -0.4 is 5.32 Å². The van der Waals surface area contributed by atoms with Crippen molar-refractivity contribution >= 4 is 51.6 Å². The van der Waals surface area contributed by atoms with Crippen LogP contribution in [-0.4, -0.2) is 34.9 Å². The van der Waals surface area contributed by atoms with Gasteiger partial charge in [-0.15, -0.1) is 21.5 Å². The van der Waals surface area contributed by atoms with E-state index in [1.807, 2.05) is 0 Å². The number of hydrogen-bond donors (Lipinski definition) is 1. The van der Waals surface area contributed by atoms with Crippen molar-refractivity contribution in [2.75, 3.05) is 18.2 Å². The van der Waals surface area contributed by atoms with Gasteiger partial charge in [0.15, 0.2) is 0 Å². The molecule has 0 radical (unpaired) electrons. The second kappa shape index (κ2) is 9.20. The number of nitrogens with one attached hydrogen (secondary N) is 1. The van der Waals surface area contributed by atoms with Gasteiger partial charge in [0.1, 0.15) is 5.00 Å². The zero-order valence-corrected chi connectivity index (χ0v) is 18.5. The molecule has 0 aliphatic heterocycles. The van der Waals surface area contributed by atoms with Crippen molar-refractivity contribution in [2.45, 2.75) is 30.9 Å². The number of anilines is 1. The van der Waals surface area contributed by atoms with Crippen molar-refractivity contribution in [3.8, 4) is 11.5 Å². The van der Waals surface area contributed by atoms with Crippen molar-refractivity contribution in [2.24, 2.45) is 0 Å². The van der Waals surface area contributed by atoms with E-state index in [2.05, 4.69) is 15.5 Å². The van der Waals surface area contributed by atoms with E-state index in [4.69, 9.17) is 20.8 Å². The largest absolute Gasteiger partial charge is 0.465 e. The molecule has 156 valence electrons. The van der Waals surface area contributed by atoms with Crippen LogP contribution in [0, 0.1) is 0 Å². The van der Waals surface area contributed by atoms with Crippen LogP contribution in [0.1, 0.15) is 33.6 Å². The Morgan fingerprint density at radius 2 is 2.00 bits per heavy atom. The smallest absolute Gasteiger partial charge is 0.341 e. The number of thioether (sulfide) groups is 1. The van der Waals surface area contributed by atoms with E-state index in [-0.39, 0.29) is 16.9 Å². The third-order valence-corrected chi connectivity index (χ3v) is 6.92. The Morgan fingerprint density at radius 3 is 2.77 bits per heavy atom. The molecule has 3 aromatic rings. The highest BCUT2D eigenvalue weighted by atomic mass is 35.5. The Labute approximate surface area is 186 Å². The van der Waals surface area contributed by atoms with Crippen LogP contribution in [0.3, 0.4) is 0 Å². The maximum Gasteiger partial charge on any atom is 0.341 e. The number of esters is 1. The van der Waals surface area contributed by atoms with Crippen LogP contribution in [0.2, 0.25) is 5.02 Å². The van der Waals surface area contributed by atoms with E-state index >= 15 is 0 Å². The standard InChI is InChI=1S/C20H18ClN3O4S2/c1-27-19(26)16-13-4-2-3-5-14(13)30-18(16)22-15(25)10-29-20-24-23-17(28-20)11-6-8-12(21)9-7-11/h6-9H,2-5,10H2,1H3,(H,22,25). The summed E-state index contributed by atoms with van der Waals surface area (Å²) in [6.45, 7) is 0. The van der Waals surface area contributed by atoms with Crippen molar-refractivity contribution in [3.63, 3.8) is 0 Å². The number of fused-ring (bicyclic) bond motifs is 1. The summed E-state index contributed by atoms with van der Waals surface area (Å²) in [6, 6.07) is 7.04. The third kappa shape index (κ3) is 4.53. The quantitative estimate of drug-likeness (QED) is 0.412. The lowest BCUT2D eigenvalue weighted by Crippen LogP contribution is -2.16. The van der Waals surface area contributed by atoms with Gasteiger partial charge in [0.2, 0.25) is 11.8 Å². The maximum atomic E-state index is 12.5. The summed E-state index contributed by atoms with van der Waals surface area (Å²) in [5, 5.41) is 12.3. The molecule has 30 heavy (non-hydrogen) atoms. The second-order valence-electron chi connectivity index (χ2n) is 6.62. The fraction of sp³-hybridized carbons (Fsp3) is 0.300. The number of halogens is 1. The highest BCUT2D eigenvalue weighted by molar-refractivity contribution is 7.99. The number of aromatic nitrogens is 2. The van der Waals surface area contributed by atoms with Gasteiger partial charge in [-0.25, -0.2) is 4.79 Å². The molecular weight excluding hydrogens is 446 g/mol. The maximum absolute atomic E-state index is 12.5. The fourth-order valence-corrected chi connectivity index (χ4v) is 5.22. The summed E-state index contributed by atoms with van der Waals surface area (Å²) in [6.07, 6.45) is 3.87. The van der Waals surface area contributed by atoms with Gasteiger partial charge in [-0.3, -0.25) is 4.79 Å². The second-order valence-corrected chi connectivity index (χ2v) is 9.09. The van der Waals surface area contributed by atoms with E-state index in [0.717, 1.165) is 53.4 Å². The molecule has 0 saturated carbocycles. The van der Waals surface area contributed by atoms with E-state index in [1.54, 1.807) is 24.3 Å².